The van der Waals surface area contributed by atoms with Gasteiger partial charge in [-0.2, -0.15) is 0 Å². The molecule has 0 unspecified atom stereocenters. The predicted octanol–water partition coefficient (Wildman–Crippen LogP) is 2.36. The van der Waals surface area contributed by atoms with Gasteiger partial charge in [0.05, 0.1) is 5.56 Å². The molecule has 0 bridgehead atoms. The Kier molecular flexibility index (Phi) is 5.54. The fourth-order valence-electron chi connectivity index (χ4n) is 3.01. The number of esters is 2. The number of ether oxygens (including phenoxy) is 2. The maximum atomic E-state index is 12.5. The summed E-state index contributed by atoms with van der Waals surface area (Å²) < 4.78 is 10.4. The lowest BCUT2D eigenvalue weighted by Crippen LogP contribution is -2.41. The summed E-state index contributed by atoms with van der Waals surface area (Å²) in [4.78, 5) is 38.4. The molecule has 140 valence electrons. The fraction of sp³-hybridized carbons (Fsp3) is 0.286. The normalized spacial score (nSPS) is 16.7. The van der Waals surface area contributed by atoms with Gasteiger partial charge in [0.2, 0.25) is 6.10 Å². The Labute approximate surface area is 157 Å². The van der Waals surface area contributed by atoms with Gasteiger partial charge >= 0.3 is 11.9 Å². The van der Waals surface area contributed by atoms with E-state index < -0.39 is 24.1 Å². The molecular weight excluding hydrogens is 346 g/mol. The number of carbonyl (C=O) groups is 3. The quantitative estimate of drug-likeness (QED) is 0.759. The van der Waals surface area contributed by atoms with Crippen molar-refractivity contribution >= 4 is 17.8 Å². The highest BCUT2D eigenvalue weighted by molar-refractivity contribution is 5.95. The van der Waals surface area contributed by atoms with Crippen molar-refractivity contribution < 1.29 is 23.9 Å². The predicted molar refractivity (Wildman–Crippen MR) is 97.8 cm³/mol. The third-order valence-corrected chi connectivity index (χ3v) is 4.43. The lowest BCUT2D eigenvalue weighted by atomic mass is 9.99. The smallest absolute Gasteiger partial charge is 0.348 e. The van der Waals surface area contributed by atoms with E-state index in [0.29, 0.717) is 12.1 Å². The maximum Gasteiger partial charge on any atom is 0.348 e. The van der Waals surface area contributed by atoms with Gasteiger partial charge in [-0.15, -0.1) is 0 Å². The Morgan fingerprint density at radius 2 is 1.81 bits per heavy atom. The van der Waals surface area contributed by atoms with Crippen LogP contribution in [-0.4, -0.2) is 42.0 Å². The second-order valence-corrected chi connectivity index (χ2v) is 6.51. The van der Waals surface area contributed by atoms with Crippen LogP contribution in [0.25, 0.3) is 0 Å². The van der Waals surface area contributed by atoms with Crippen LogP contribution in [0, 0.1) is 0 Å². The monoisotopic (exact) mass is 367 g/mol. The van der Waals surface area contributed by atoms with Crippen LogP contribution in [0.4, 0.5) is 0 Å². The molecule has 27 heavy (non-hydrogen) atoms. The number of nitrogens with zero attached hydrogens (tertiary/aromatic N) is 1. The Balaban J connectivity index is 1.59. The van der Waals surface area contributed by atoms with Crippen molar-refractivity contribution in [3.8, 4) is 0 Å². The molecule has 0 aromatic heterocycles. The number of likely N-dealkylation sites (N-methyl/N-ethyl adjacent to an activating group) is 1. The van der Waals surface area contributed by atoms with Crippen molar-refractivity contribution in [2.24, 2.45) is 0 Å². The molecule has 2 aromatic carbocycles. The van der Waals surface area contributed by atoms with E-state index in [4.69, 9.17) is 9.47 Å². The van der Waals surface area contributed by atoms with Crippen LogP contribution in [0.15, 0.2) is 54.6 Å². The zero-order valence-electron chi connectivity index (χ0n) is 15.3. The van der Waals surface area contributed by atoms with Crippen LogP contribution in [0.3, 0.4) is 0 Å². The molecular formula is C21H21NO5. The maximum absolute atomic E-state index is 12.5. The van der Waals surface area contributed by atoms with E-state index in [9.17, 15) is 14.4 Å². The van der Waals surface area contributed by atoms with Gasteiger partial charge in [-0.3, -0.25) is 4.79 Å². The lowest BCUT2D eigenvalue weighted by molar-refractivity contribution is -0.166. The van der Waals surface area contributed by atoms with Gasteiger partial charge in [0, 0.05) is 20.0 Å². The third kappa shape index (κ3) is 4.34. The molecule has 1 amide bonds. The highest BCUT2D eigenvalue weighted by Crippen LogP contribution is 2.21. The SMILES string of the molecule is C[C@@H](OC(=O)[C@H]1Cc2ccccc2C(=O)O1)C(=O)N(C)Cc1ccccc1. The van der Waals surface area contributed by atoms with Gasteiger partial charge in [0.25, 0.3) is 5.91 Å². The summed E-state index contributed by atoms with van der Waals surface area (Å²) in [6, 6.07) is 16.5. The molecule has 0 aliphatic carbocycles. The summed E-state index contributed by atoms with van der Waals surface area (Å²) in [7, 11) is 1.65. The number of amides is 1. The highest BCUT2D eigenvalue weighted by Gasteiger charge is 2.34. The topological polar surface area (TPSA) is 72.9 Å². The first-order valence-corrected chi connectivity index (χ1v) is 8.74. The molecule has 0 spiro atoms. The molecule has 1 heterocycles. The second-order valence-electron chi connectivity index (χ2n) is 6.51. The van der Waals surface area contributed by atoms with Crippen molar-refractivity contribution in [2.45, 2.75) is 32.1 Å². The Morgan fingerprint density at radius 1 is 1.15 bits per heavy atom. The minimum atomic E-state index is -1.04. The zero-order valence-corrected chi connectivity index (χ0v) is 15.3. The van der Waals surface area contributed by atoms with Gasteiger partial charge in [0.15, 0.2) is 6.10 Å². The summed E-state index contributed by atoms with van der Waals surface area (Å²) >= 11 is 0. The van der Waals surface area contributed by atoms with E-state index in [1.807, 2.05) is 30.3 Å². The first kappa shape index (κ1) is 18.6. The molecule has 6 heteroatoms. The molecule has 0 fully saturated rings. The summed E-state index contributed by atoms with van der Waals surface area (Å²) in [6.07, 6.45) is -1.77. The van der Waals surface area contributed by atoms with Gasteiger partial charge in [-0.25, -0.2) is 9.59 Å². The van der Waals surface area contributed by atoms with Gasteiger partial charge in [0.1, 0.15) is 0 Å². The number of cyclic esters (lactones) is 1. The van der Waals surface area contributed by atoms with Crippen molar-refractivity contribution in [1.82, 2.24) is 4.90 Å². The number of rotatable bonds is 5. The Hall–Kier alpha value is -3.15. The molecule has 0 saturated carbocycles. The highest BCUT2D eigenvalue weighted by atomic mass is 16.6. The summed E-state index contributed by atoms with van der Waals surface area (Å²) in [5.74, 6) is -1.60. The third-order valence-electron chi connectivity index (χ3n) is 4.43. The molecule has 2 atom stereocenters. The molecule has 2 aromatic rings. The average molecular weight is 367 g/mol. The molecule has 0 saturated heterocycles. The molecule has 1 aliphatic heterocycles. The van der Waals surface area contributed by atoms with Crippen LogP contribution in [0.5, 0.6) is 0 Å². The van der Waals surface area contributed by atoms with Crippen LogP contribution >= 0.6 is 0 Å². The molecule has 6 nitrogen and oxygen atoms in total. The van der Waals surface area contributed by atoms with Crippen LogP contribution in [0.1, 0.15) is 28.4 Å². The van der Waals surface area contributed by atoms with E-state index in [1.54, 1.807) is 31.3 Å². The van der Waals surface area contributed by atoms with Gasteiger partial charge < -0.3 is 14.4 Å². The van der Waals surface area contributed by atoms with Gasteiger partial charge in [-0.05, 0) is 24.1 Å². The first-order chi connectivity index (χ1) is 13.0. The molecule has 0 N–H and O–H groups in total. The standard InChI is InChI=1S/C21H21NO5/c1-14(19(23)22(2)13-15-8-4-3-5-9-15)26-21(25)18-12-16-10-6-7-11-17(16)20(24)27-18/h3-11,14,18H,12-13H2,1-2H3/t14-,18-/m1/s1. The van der Waals surface area contributed by atoms with Crippen molar-refractivity contribution in [1.29, 1.82) is 0 Å². The van der Waals surface area contributed by atoms with Crippen LogP contribution < -0.4 is 0 Å². The van der Waals surface area contributed by atoms with Crippen molar-refractivity contribution in [3.05, 3.63) is 71.3 Å². The Morgan fingerprint density at radius 3 is 2.56 bits per heavy atom. The molecule has 1 aliphatic rings. The number of carbonyl (C=O) groups excluding carboxylic acids is 3. The summed E-state index contributed by atoms with van der Waals surface area (Å²) in [5.41, 5.74) is 2.16. The van der Waals surface area contributed by atoms with Crippen LogP contribution in [-0.2, 0) is 32.0 Å². The van der Waals surface area contributed by atoms with Crippen molar-refractivity contribution in [3.63, 3.8) is 0 Å². The van der Waals surface area contributed by atoms with E-state index in [2.05, 4.69) is 0 Å². The van der Waals surface area contributed by atoms with E-state index in [-0.39, 0.29) is 12.3 Å². The van der Waals surface area contributed by atoms with E-state index >= 15 is 0 Å². The number of hydrogen-bond acceptors (Lipinski definition) is 5. The van der Waals surface area contributed by atoms with Crippen LogP contribution in [0.2, 0.25) is 0 Å². The summed E-state index contributed by atoms with van der Waals surface area (Å²) in [5, 5.41) is 0. The van der Waals surface area contributed by atoms with Crippen molar-refractivity contribution in [2.75, 3.05) is 7.05 Å². The summed E-state index contributed by atoms with van der Waals surface area (Å²) in [6.45, 7) is 1.92. The lowest BCUT2D eigenvalue weighted by Gasteiger charge is -2.26. The minimum absolute atomic E-state index is 0.238. The zero-order chi connectivity index (χ0) is 19.4. The first-order valence-electron chi connectivity index (χ1n) is 8.74. The van der Waals surface area contributed by atoms with E-state index in [1.165, 1.54) is 11.8 Å². The average Bonchev–Trinajstić information content (AvgIpc) is 2.68. The molecule has 3 rings (SSSR count). The largest absolute Gasteiger partial charge is 0.450 e. The van der Waals surface area contributed by atoms with E-state index in [0.717, 1.165) is 11.1 Å². The fourth-order valence-corrected chi connectivity index (χ4v) is 3.01. The number of benzene rings is 2. The second kappa shape index (κ2) is 8.03. The minimum Gasteiger partial charge on any atom is -0.450 e. The van der Waals surface area contributed by atoms with Gasteiger partial charge in [-0.1, -0.05) is 48.5 Å². The number of fused-ring (bicyclic) bond motifs is 1. The number of hydrogen-bond donors (Lipinski definition) is 0. The molecule has 0 radical (unpaired) electrons. The Bertz CT molecular complexity index is 849.